The zero-order valence-corrected chi connectivity index (χ0v) is 25.7. The number of rotatable bonds is 13. The minimum atomic E-state index is -1.02. The SMILES string of the molecule is CCCCCN(C(=O)C(NC(=O)OC(C)(C)C)C(C)CC)C(C(=O)Nc1ccc(OC)cc1)c1ccc(O)c(C)c1. The van der Waals surface area contributed by atoms with E-state index in [2.05, 4.69) is 17.6 Å². The predicted molar refractivity (Wildman–Crippen MR) is 161 cm³/mol. The molecule has 0 spiro atoms. The number of methoxy groups -OCH3 is 1. The van der Waals surface area contributed by atoms with Gasteiger partial charge in [0.2, 0.25) is 5.91 Å². The van der Waals surface area contributed by atoms with Gasteiger partial charge in [0.1, 0.15) is 29.2 Å². The normalized spacial score (nSPS) is 13.5. The number of aromatic hydroxyl groups is 1. The Kier molecular flexibility index (Phi) is 12.5. The van der Waals surface area contributed by atoms with E-state index in [1.165, 1.54) is 6.07 Å². The van der Waals surface area contributed by atoms with Crippen molar-refractivity contribution in [2.45, 2.75) is 91.8 Å². The number of hydrogen-bond donors (Lipinski definition) is 3. The Bertz CT molecular complexity index is 1160. The molecule has 3 N–H and O–H groups in total. The summed E-state index contributed by atoms with van der Waals surface area (Å²) in [5.74, 6) is -0.270. The van der Waals surface area contributed by atoms with Crippen molar-refractivity contribution in [2.75, 3.05) is 19.0 Å². The van der Waals surface area contributed by atoms with E-state index in [-0.39, 0.29) is 17.6 Å². The molecule has 0 aliphatic heterocycles. The number of phenols is 1. The molecule has 0 aliphatic rings. The maximum absolute atomic E-state index is 14.4. The summed E-state index contributed by atoms with van der Waals surface area (Å²) >= 11 is 0. The summed E-state index contributed by atoms with van der Waals surface area (Å²) in [6, 6.07) is 9.90. The standard InChI is InChI=1S/C32H47N3O6/c1-9-11-12-19-35(30(38)27(21(3)10-2)34-31(39)41-32(5,6)7)28(23-13-18-26(36)22(4)20-23)29(37)33-24-14-16-25(40-8)17-15-24/h13-18,20-21,27-28,36H,9-12,19H2,1-8H3,(H,33,37)(H,34,39). The van der Waals surface area contributed by atoms with Crippen molar-refractivity contribution in [1.82, 2.24) is 10.2 Å². The van der Waals surface area contributed by atoms with E-state index >= 15 is 0 Å². The molecule has 9 heteroatoms. The fourth-order valence-corrected chi connectivity index (χ4v) is 4.40. The average molecular weight is 570 g/mol. The third-order valence-corrected chi connectivity index (χ3v) is 6.89. The van der Waals surface area contributed by atoms with Crippen LogP contribution in [0.2, 0.25) is 0 Å². The number of amides is 3. The van der Waals surface area contributed by atoms with Crippen LogP contribution in [0.1, 0.15) is 84.4 Å². The predicted octanol–water partition coefficient (Wildman–Crippen LogP) is 6.35. The molecule has 0 aromatic heterocycles. The van der Waals surface area contributed by atoms with E-state index in [0.29, 0.717) is 42.0 Å². The van der Waals surface area contributed by atoms with Gasteiger partial charge < -0.3 is 30.1 Å². The zero-order valence-electron chi connectivity index (χ0n) is 25.7. The smallest absolute Gasteiger partial charge is 0.408 e. The van der Waals surface area contributed by atoms with E-state index < -0.39 is 29.7 Å². The zero-order chi connectivity index (χ0) is 30.7. The lowest BCUT2D eigenvalue weighted by Crippen LogP contribution is -2.55. The highest BCUT2D eigenvalue weighted by Gasteiger charge is 2.38. The Morgan fingerprint density at radius 1 is 1.02 bits per heavy atom. The van der Waals surface area contributed by atoms with Crippen molar-refractivity contribution in [3.8, 4) is 11.5 Å². The minimum absolute atomic E-state index is 0.0935. The van der Waals surface area contributed by atoms with Crippen molar-refractivity contribution in [1.29, 1.82) is 0 Å². The summed E-state index contributed by atoms with van der Waals surface area (Å²) in [6.45, 7) is 13.2. The number of nitrogens with one attached hydrogen (secondary N) is 2. The van der Waals surface area contributed by atoms with Crippen molar-refractivity contribution < 1.29 is 29.0 Å². The second-order valence-electron chi connectivity index (χ2n) is 11.4. The van der Waals surface area contributed by atoms with E-state index in [1.807, 2.05) is 13.8 Å². The number of hydrogen-bond acceptors (Lipinski definition) is 6. The summed E-state index contributed by atoms with van der Waals surface area (Å²) in [6.07, 6.45) is 2.39. The van der Waals surface area contributed by atoms with Crippen LogP contribution in [0.3, 0.4) is 0 Å². The lowest BCUT2D eigenvalue weighted by molar-refractivity contribution is -0.142. The first kappa shape index (κ1) is 33.5. The fourth-order valence-electron chi connectivity index (χ4n) is 4.40. The largest absolute Gasteiger partial charge is 0.508 e. The van der Waals surface area contributed by atoms with Crippen LogP contribution in [0.25, 0.3) is 0 Å². The second-order valence-corrected chi connectivity index (χ2v) is 11.4. The topological polar surface area (TPSA) is 117 Å². The maximum atomic E-state index is 14.4. The van der Waals surface area contributed by atoms with Gasteiger partial charge >= 0.3 is 6.09 Å². The van der Waals surface area contributed by atoms with Crippen LogP contribution in [0.5, 0.6) is 11.5 Å². The van der Waals surface area contributed by atoms with Gasteiger partial charge in [0.25, 0.3) is 5.91 Å². The second kappa shape index (κ2) is 15.3. The Morgan fingerprint density at radius 3 is 2.22 bits per heavy atom. The molecule has 0 radical (unpaired) electrons. The van der Waals surface area contributed by atoms with Gasteiger partial charge in [-0.15, -0.1) is 0 Å². The number of alkyl carbamates (subject to hydrolysis) is 1. The lowest BCUT2D eigenvalue weighted by Gasteiger charge is -2.36. The number of phenolic OH excluding ortho intramolecular Hbond substituents is 1. The van der Waals surface area contributed by atoms with Gasteiger partial charge in [-0.1, -0.05) is 46.1 Å². The number of benzene rings is 2. The van der Waals surface area contributed by atoms with Crippen LogP contribution < -0.4 is 15.4 Å². The Balaban J connectivity index is 2.58. The summed E-state index contributed by atoms with van der Waals surface area (Å²) in [7, 11) is 1.57. The van der Waals surface area contributed by atoms with Crippen LogP contribution >= 0.6 is 0 Å². The number of aryl methyl sites for hydroxylation is 1. The molecule has 2 rings (SSSR count). The lowest BCUT2D eigenvalue weighted by atomic mass is 9.95. The monoisotopic (exact) mass is 569 g/mol. The summed E-state index contributed by atoms with van der Waals surface area (Å²) in [5.41, 5.74) is 0.938. The van der Waals surface area contributed by atoms with Gasteiger partial charge in [-0.2, -0.15) is 0 Å². The van der Waals surface area contributed by atoms with Crippen molar-refractivity contribution in [2.24, 2.45) is 5.92 Å². The van der Waals surface area contributed by atoms with Gasteiger partial charge in [0, 0.05) is 12.2 Å². The van der Waals surface area contributed by atoms with Crippen molar-refractivity contribution in [3.63, 3.8) is 0 Å². The fraction of sp³-hybridized carbons (Fsp3) is 0.531. The van der Waals surface area contributed by atoms with E-state index in [1.54, 1.807) is 76.1 Å². The van der Waals surface area contributed by atoms with Gasteiger partial charge in [-0.25, -0.2) is 4.79 Å². The Morgan fingerprint density at radius 2 is 1.68 bits per heavy atom. The molecule has 2 aromatic rings. The molecule has 9 nitrogen and oxygen atoms in total. The minimum Gasteiger partial charge on any atom is -0.508 e. The number of unbranched alkanes of at least 4 members (excludes halogenated alkanes) is 2. The van der Waals surface area contributed by atoms with Crippen LogP contribution in [-0.2, 0) is 14.3 Å². The molecule has 0 saturated carbocycles. The highest BCUT2D eigenvalue weighted by molar-refractivity contribution is 5.99. The molecule has 226 valence electrons. The quantitative estimate of drug-likeness (QED) is 0.242. The summed E-state index contributed by atoms with van der Waals surface area (Å²) < 4.78 is 10.7. The van der Waals surface area contributed by atoms with Gasteiger partial charge in [-0.3, -0.25) is 9.59 Å². The third-order valence-electron chi connectivity index (χ3n) is 6.89. The number of nitrogens with zero attached hydrogens (tertiary/aromatic N) is 1. The summed E-state index contributed by atoms with van der Waals surface area (Å²) in [4.78, 5) is 42.7. The Labute approximate surface area is 244 Å². The molecule has 3 unspecified atom stereocenters. The molecule has 0 aliphatic carbocycles. The Hall–Kier alpha value is -3.75. The highest BCUT2D eigenvalue weighted by atomic mass is 16.6. The van der Waals surface area contributed by atoms with Crippen molar-refractivity contribution >= 4 is 23.6 Å². The summed E-state index contributed by atoms with van der Waals surface area (Å²) in [5, 5.41) is 15.9. The van der Waals surface area contributed by atoms with Gasteiger partial charge in [0.15, 0.2) is 0 Å². The first-order valence-electron chi connectivity index (χ1n) is 14.4. The number of anilines is 1. The highest BCUT2D eigenvalue weighted by Crippen LogP contribution is 2.30. The van der Waals surface area contributed by atoms with Crippen LogP contribution in [0, 0.1) is 12.8 Å². The number of ether oxygens (including phenoxy) is 2. The van der Waals surface area contributed by atoms with Crippen LogP contribution in [-0.4, -0.2) is 53.2 Å². The molecule has 2 aromatic carbocycles. The average Bonchev–Trinajstić information content (AvgIpc) is 2.91. The molecular weight excluding hydrogens is 522 g/mol. The molecule has 0 bridgehead atoms. The molecular formula is C32H47N3O6. The van der Waals surface area contributed by atoms with Crippen LogP contribution in [0.4, 0.5) is 10.5 Å². The van der Waals surface area contributed by atoms with Crippen LogP contribution in [0.15, 0.2) is 42.5 Å². The first-order chi connectivity index (χ1) is 19.3. The molecule has 41 heavy (non-hydrogen) atoms. The molecule has 3 atom stereocenters. The number of carbonyl (C=O) groups is 3. The van der Waals surface area contributed by atoms with Gasteiger partial charge in [-0.05, 0) is 87.6 Å². The maximum Gasteiger partial charge on any atom is 0.408 e. The van der Waals surface area contributed by atoms with E-state index in [9.17, 15) is 19.5 Å². The van der Waals surface area contributed by atoms with E-state index in [0.717, 1.165) is 12.8 Å². The molecule has 3 amide bonds. The molecule has 0 heterocycles. The van der Waals surface area contributed by atoms with Gasteiger partial charge in [0.05, 0.1) is 7.11 Å². The molecule has 0 saturated heterocycles. The third kappa shape index (κ3) is 9.99. The van der Waals surface area contributed by atoms with Crippen molar-refractivity contribution in [3.05, 3.63) is 53.6 Å². The van der Waals surface area contributed by atoms with E-state index in [4.69, 9.17) is 9.47 Å². The first-order valence-corrected chi connectivity index (χ1v) is 14.4. The molecule has 0 fully saturated rings. The number of carbonyl (C=O) groups excluding carboxylic acids is 3.